The van der Waals surface area contributed by atoms with Crippen LogP contribution < -0.4 is 5.73 Å². The number of benzene rings is 1. The van der Waals surface area contributed by atoms with E-state index in [4.69, 9.17) is 11.0 Å². The molecule has 0 bridgehead atoms. The molecule has 7 heteroatoms. The largest absolute Gasteiger partial charge is 0.365 e. The number of primary amides is 1. The lowest BCUT2D eigenvalue weighted by atomic mass is 10.1. The molecular formula is C10H6FN3O3. The first kappa shape index (κ1) is 12.3. The monoisotopic (exact) mass is 235 g/mol. The first-order chi connectivity index (χ1) is 7.95. The number of nitrogens with zero attached hydrogens (tertiary/aromatic N) is 2. The van der Waals surface area contributed by atoms with Crippen LogP contribution in [0.2, 0.25) is 0 Å². The summed E-state index contributed by atoms with van der Waals surface area (Å²) in [7, 11) is 0. The number of hydrogen-bond donors (Lipinski definition) is 1. The standard InChI is InChI=1S/C10H6FN3O3/c11-8-1-2-9(14(16)17)6(4-8)3-7(5-12)10(13)15/h1-4H,(H2,13,15). The molecule has 0 unspecified atom stereocenters. The van der Waals surface area contributed by atoms with Crippen LogP contribution in [0, 0.1) is 27.3 Å². The van der Waals surface area contributed by atoms with Gasteiger partial charge in [-0.05, 0) is 18.2 Å². The fraction of sp³-hybridized carbons (Fsp3) is 0. The van der Waals surface area contributed by atoms with E-state index in [1.54, 1.807) is 0 Å². The number of nitrogens with two attached hydrogens (primary N) is 1. The van der Waals surface area contributed by atoms with Gasteiger partial charge in [0.05, 0.1) is 10.5 Å². The van der Waals surface area contributed by atoms with Gasteiger partial charge in [0.15, 0.2) is 0 Å². The van der Waals surface area contributed by atoms with Gasteiger partial charge < -0.3 is 5.73 Å². The van der Waals surface area contributed by atoms with Crippen LogP contribution in [0.5, 0.6) is 0 Å². The van der Waals surface area contributed by atoms with Crippen LogP contribution in [-0.4, -0.2) is 10.8 Å². The molecule has 1 aromatic rings. The molecule has 0 radical (unpaired) electrons. The Bertz CT molecular complexity index is 560. The van der Waals surface area contributed by atoms with Gasteiger partial charge in [0.2, 0.25) is 0 Å². The Morgan fingerprint density at radius 3 is 2.71 bits per heavy atom. The Labute approximate surface area is 94.9 Å². The predicted molar refractivity (Wildman–Crippen MR) is 55.8 cm³/mol. The molecule has 86 valence electrons. The number of nitriles is 1. The van der Waals surface area contributed by atoms with Crippen LogP contribution in [0.4, 0.5) is 10.1 Å². The molecule has 1 rings (SSSR count). The second-order valence-electron chi connectivity index (χ2n) is 2.99. The third-order valence-electron chi connectivity index (χ3n) is 1.87. The number of amides is 1. The fourth-order valence-electron chi connectivity index (χ4n) is 1.12. The van der Waals surface area contributed by atoms with Crippen molar-refractivity contribution in [2.45, 2.75) is 0 Å². The third kappa shape index (κ3) is 2.85. The minimum absolute atomic E-state index is 0.189. The van der Waals surface area contributed by atoms with Crippen molar-refractivity contribution in [1.29, 1.82) is 5.26 Å². The van der Waals surface area contributed by atoms with Gasteiger partial charge >= 0.3 is 0 Å². The highest BCUT2D eigenvalue weighted by Crippen LogP contribution is 2.22. The Hall–Kier alpha value is -2.75. The van der Waals surface area contributed by atoms with Crippen LogP contribution in [0.15, 0.2) is 23.8 Å². The highest BCUT2D eigenvalue weighted by atomic mass is 19.1. The first-order valence-corrected chi connectivity index (χ1v) is 4.31. The number of carbonyl (C=O) groups excluding carboxylic acids is 1. The van der Waals surface area contributed by atoms with E-state index < -0.39 is 27.9 Å². The zero-order valence-electron chi connectivity index (χ0n) is 8.38. The second kappa shape index (κ2) is 4.85. The normalized spacial score (nSPS) is 10.7. The van der Waals surface area contributed by atoms with Crippen molar-refractivity contribution in [2.75, 3.05) is 0 Å². The van der Waals surface area contributed by atoms with Crippen molar-refractivity contribution in [3.63, 3.8) is 0 Å². The van der Waals surface area contributed by atoms with Crippen molar-refractivity contribution in [1.82, 2.24) is 0 Å². The van der Waals surface area contributed by atoms with Crippen LogP contribution in [-0.2, 0) is 4.79 Å². The van der Waals surface area contributed by atoms with E-state index in [1.807, 2.05) is 0 Å². The van der Waals surface area contributed by atoms with E-state index in [0.29, 0.717) is 0 Å². The number of nitro benzene ring substituents is 1. The molecular weight excluding hydrogens is 229 g/mol. The molecule has 0 spiro atoms. The van der Waals surface area contributed by atoms with Crippen molar-refractivity contribution in [3.8, 4) is 6.07 Å². The number of halogens is 1. The zero-order valence-corrected chi connectivity index (χ0v) is 8.38. The van der Waals surface area contributed by atoms with E-state index in [9.17, 15) is 19.3 Å². The SMILES string of the molecule is N#CC(=Cc1cc(F)ccc1[N+](=O)[O-])C(N)=O. The van der Waals surface area contributed by atoms with Crippen molar-refractivity contribution in [3.05, 3.63) is 45.3 Å². The zero-order chi connectivity index (χ0) is 13.0. The molecule has 1 amide bonds. The van der Waals surface area contributed by atoms with Crippen LogP contribution in [0.3, 0.4) is 0 Å². The molecule has 6 nitrogen and oxygen atoms in total. The Morgan fingerprint density at radius 1 is 1.59 bits per heavy atom. The third-order valence-corrected chi connectivity index (χ3v) is 1.87. The van der Waals surface area contributed by atoms with Crippen LogP contribution in [0.25, 0.3) is 6.08 Å². The maximum atomic E-state index is 12.9. The fourth-order valence-corrected chi connectivity index (χ4v) is 1.12. The van der Waals surface area contributed by atoms with E-state index in [0.717, 1.165) is 24.3 Å². The Morgan fingerprint density at radius 2 is 2.24 bits per heavy atom. The molecule has 17 heavy (non-hydrogen) atoms. The van der Waals surface area contributed by atoms with Crippen LogP contribution >= 0.6 is 0 Å². The summed E-state index contributed by atoms with van der Waals surface area (Å²) >= 11 is 0. The number of hydrogen-bond acceptors (Lipinski definition) is 4. The molecule has 0 saturated carbocycles. The van der Waals surface area contributed by atoms with Crippen molar-refractivity contribution >= 4 is 17.7 Å². The molecule has 1 aromatic carbocycles. The molecule has 0 atom stereocenters. The van der Waals surface area contributed by atoms with Gasteiger partial charge in [0.1, 0.15) is 17.5 Å². The Balaban J connectivity index is 3.40. The molecule has 0 saturated heterocycles. The molecule has 0 fully saturated rings. The number of rotatable bonds is 3. The molecule has 0 aliphatic rings. The molecule has 0 aliphatic heterocycles. The van der Waals surface area contributed by atoms with Crippen molar-refractivity contribution < 1.29 is 14.1 Å². The quantitative estimate of drug-likeness (QED) is 0.366. The van der Waals surface area contributed by atoms with Gasteiger partial charge in [-0.2, -0.15) is 5.26 Å². The van der Waals surface area contributed by atoms with Gasteiger partial charge in [0.25, 0.3) is 11.6 Å². The van der Waals surface area contributed by atoms with Crippen molar-refractivity contribution in [2.24, 2.45) is 5.73 Å². The summed E-state index contributed by atoms with van der Waals surface area (Å²) in [5.74, 6) is -1.75. The van der Waals surface area contributed by atoms with Gasteiger partial charge in [0, 0.05) is 6.07 Å². The average molecular weight is 235 g/mol. The highest BCUT2D eigenvalue weighted by molar-refractivity contribution is 6.01. The lowest BCUT2D eigenvalue weighted by Crippen LogP contribution is -2.12. The molecule has 2 N–H and O–H groups in total. The van der Waals surface area contributed by atoms with Gasteiger partial charge in [-0.15, -0.1) is 0 Å². The van der Waals surface area contributed by atoms with E-state index in [2.05, 4.69) is 0 Å². The summed E-state index contributed by atoms with van der Waals surface area (Å²) in [6, 6.07) is 4.17. The minimum atomic E-state index is -1.04. The van der Waals surface area contributed by atoms with E-state index >= 15 is 0 Å². The predicted octanol–water partition coefficient (Wildman–Crippen LogP) is 1.13. The maximum Gasteiger partial charge on any atom is 0.276 e. The first-order valence-electron chi connectivity index (χ1n) is 4.31. The summed E-state index contributed by atoms with van der Waals surface area (Å²) in [4.78, 5) is 20.6. The summed E-state index contributed by atoms with van der Waals surface area (Å²) in [6.45, 7) is 0. The molecule has 0 aromatic heterocycles. The van der Waals surface area contributed by atoms with E-state index in [-0.39, 0.29) is 5.56 Å². The number of nitro groups is 1. The lowest BCUT2D eigenvalue weighted by Gasteiger charge is -1.98. The topological polar surface area (TPSA) is 110 Å². The van der Waals surface area contributed by atoms with Crippen LogP contribution in [0.1, 0.15) is 5.56 Å². The summed E-state index contributed by atoms with van der Waals surface area (Å²) in [6.07, 6.45) is 0.879. The average Bonchev–Trinajstić information content (AvgIpc) is 2.25. The lowest BCUT2D eigenvalue weighted by molar-refractivity contribution is -0.385. The smallest absolute Gasteiger partial charge is 0.276 e. The summed E-state index contributed by atoms with van der Waals surface area (Å²) < 4.78 is 12.9. The summed E-state index contributed by atoms with van der Waals surface area (Å²) in [5.41, 5.74) is 3.77. The molecule has 0 aliphatic carbocycles. The number of carbonyl (C=O) groups is 1. The van der Waals surface area contributed by atoms with Gasteiger partial charge in [-0.1, -0.05) is 0 Å². The Kier molecular flexibility index (Phi) is 3.51. The minimum Gasteiger partial charge on any atom is -0.365 e. The second-order valence-corrected chi connectivity index (χ2v) is 2.99. The maximum absolute atomic E-state index is 12.9. The van der Waals surface area contributed by atoms with Gasteiger partial charge in [-0.25, -0.2) is 4.39 Å². The van der Waals surface area contributed by atoms with E-state index in [1.165, 1.54) is 6.07 Å². The highest BCUT2D eigenvalue weighted by Gasteiger charge is 2.14. The van der Waals surface area contributed by atoms with Gasteiger partial charge in [-0.3, -0.25) is 14.9 Å². The summed E-state index contributed by atoms with van der Waals surface area (Å²) in [5, 5.41) is 19.2. The molecule has 0 heterocycles.